The van der Waals surface area contributed by atoms with E-state index in [-0.39, 0.29) is 24.4 Å². The SMILES string of the molecule is COC(=O)CN(C(=O)C(CC(C)C)NC(N)=O)C(C)C. The van der Waals surface area contributed by atoms with Gasteiger partial charge in [0.2, 0.25) is 5.91 Å². The highest BCUT2D eigenvalue weighted by atomic mass is 16.5. The number of carbonyl (C=O) groups excluding carboxylic acids is 3. The van der Waals surface area contributed by atoms with Crippen LogP contribution in [-0.4, -0.2) is 48.5 Å². The molecule has 0 radical (unpaired) electrons. The Morgan fingerprint density at radius 1 is 1.20 bits per heavy atom. The number of hydrogen-bond donors (Lipinski definition) is 2. The molecule has 0 saturated carbocycles. The molecule has 0 saturated heterocycles. The lowest BCUT2D eigenvalue weighted by Crippen LogP contribution is -2.53. The Hall–Kier alpha value is -1.79. The minimum absolute atomic E-state index is 0.151. The summed E-state index contributed by atoms with van der Waals surface area (Å²) >= 11 is 0. The second-order valence-corrected chi connectivity index (χ2v) is 5.33. The maximum Gasteiger partial charge on any atom is 0.325 e. The van der Waals surface area contributed by atoms with Crippen molar-refractivity contribution >= 4 is 17.9 Å². The summed E-state index contributed by atoms with van der Waals surface area (Å²) in [5.41, 5.74) is 5.10. The Bertz CT molecular complexity index is 356. The van der Waals surface area contributed by atoms with Crippen molar-refractivity contribution in [2.24, 2.45) is 11.7 Å². The van der Waals surface area contributed by atoms with Gasteiger partial charge in [0.25, 0.3) is 0 Å². The maximum atomic E-state index is 12.5. The number of rotatable bonds is 7. The van der Waals surface area contributed by atoms with Crippen molar-refractivity contribution in [1.29, 1.82) is 0 Å². The van der Waals surface area contributed by atoms with Crippen LogP contribution in [-0.2, 0) is 14.3 Å². The molecule has 116 valence electrons. The number of urea groups is 1. The molecule has 0 aliphatic rings. The van der Waals surface area contributed by atoms with E-state index in [9.17, 15) is 14.4 Å². The van der Waals surface area contributed by atoms with Crippen molar-refractivity contribution < 1.29 is 19.1 Å². The number of amides is 3. The quantitative estimate of drug-likeness (QED) is 0.665. The zero-order valence-electron chi connectivity index (χ0n) is 12.8. The first-order valence-corrected chi connectivity index (χ1v) is 6.62. The molecule has 7 nitrogen and oxygen atoms in total. The van der Waals surface area contributed by atoms with Gasteiger partial charge in [-0.3, -0.25) is 9.59 Å². The van der Waals surface area contributed by atoms with E-state index in [4.69, 9.17) is 5.73 Å². The van der Waals surface area contributed by atoms with Gasteiger partial charge in [0.1, 0.15) is 12.6 Å². The van der Waals surface area contributed by atoms with Gasteiger partial charge >= 0.3 is 12.0 Å². The standard InChI is InChI=1S/C13H25N3O4/c1-8(2)6-10(15-13(14)19)12(18)16(9(3)4)7-11(17)20-5/h8-10H,6-7H2,1-5H3,(H3,14,15,19). The van der Waals surface area contributed by atoms with Gasteiger partial charge in [0.15, 0.2) is 0 Å². The van der Waals surface area contributed by atoms with E-state index in [0.29, 0.717) is 6.42 Å². The summed E-state index contributed by atoms with van der Waals surface area (Å²) in [6.45, 7) is 7.29. The molecule has 0 aromatic heterocycles. The van der Waals surface area contributed by atoms with Crippen LogP contribution < -0.4 is 11.1 Å². The number of nitrogens with one attached hydrogen (secondary N) is 1. The van der Waals surface area contributed by atoms with Crippen molar-refractivity contribution in [2.75, 3.05) is 13.7 Å². The Labute approximate surface area is 119 Å². The van der Waals surface area contributed by atoms with Gasteiger partial charge in [-0.1, -0.05) is 13.8 Å². The molecule has 0 aromatic rings. The van der Waals surface area contributed by atoms with Crippen LogP contribution in [0.15, 0.2) is 0 Å². The molecule has 1 unspecified atom stereocenters. The predicted molar refractivity (Wildman–Crippen MR) is 74.8 cm³/mol. The average molecular weight is 287 g/mol. The lowest BCUT2D eigenvalue weighted by atomic mass is 10.0. The molecule has 3 amide bonds. The maximum absolute atomic E-state index is 12.5. The number of methoxy groups -OCH3 is 1. The first-order chi connectivity index (χ1) is 9.18. The van der Waals surface area contributed by atoms with Crippen LogP contribution in [0.25, 0.3) is 0 Å². The Kier molecular flexibility index (Phi) is 7.64. The van der Waals surface area contributed by atoms with Crippen LogP contribution in [0, 0.1) is 5.92 Å². The summed E-state index contributed by atoms with van der Waals surface area (Å²) in [7, 11) is 1.26. The summed E-state index contributed by atoms with van der Waals surface area (Å²) in [6.07, 6.45) is 0.451. The van der Waals surface area contributed by atoms with Gasteiger partial charge in [0, 0.05) is 6.04 Å². The fraction of sp³-hybridized carbons (Fsp3) is 0.769. The monoisotopic (exact) mass is 287 g/mol. The highest BCUT2D eigenvalue weighted by molar-refractivity contribution is 5.89. The summed E-state index contributed by atoms with van der Waals surface area (Å²) in [5.74, 6) is -0.643. The van der Waals surface area contributed by atoms with E-state index >= 15 is 0 Å². The number of carbonyl (C=O) groups is 3. The summed E-state index contributed by atoms with van der Waals surface area (Å²) in [5, 5.41) is 2.43. The van der Waals surface area contributed by atoms with E-state index in [2.05, 4.69) is 10.1 Å². The fourth-order valence-electron chi connectivity index (χ4n) is 1.78. The fourth-order valence-corrected chi connectivity index (χ4v) is 1.78. The molecule has 1 atom stereocenters. The van der Waals surface area contributed by atoms with Crippen LogP contribution in [0.5, 0.6) is 0 Å². The summed E-state index contributed by atoms with van der Waals surface area (Å²) in [6, 6.07) is -1.68. The van der Waals surface area contributed by atoms with Crippen molar-refractivity contribution in [3.8, 4) is 0 Å². The lowest BCUT2D eigenvalue weighted by Gasteiger charge is -2.30. The molecule has 0 spiro atoms. The molecule has 0 bridgehead atoms. The number of nitrogens with two attached hydrogens (primary N) is 1. The first-order valence-electron chi connectivity index (χ1n) is 6.62. The number of ether oxygens (including phenoxy) is 1. The highest BCUT2D eigenvalue weighted by Gasteiger charge is 2.29. The first kappa shape index (κ1) is 18.2. The van der Waals surface area contributed by atoms with Gasteiger partial charge in [-0.25, -0.2) is 4.79 Å². The third-order valence-electron chi connectivity index (χ3n) is 2.76. The molecule has 0 aromatic carbocycles. The van der Waals surface area contributed by atoms with Crippen LogP contribution in [0.4, 0.5) is 4.79 Å². The second kappa shape index (κ2) is 8.39. The molecule has 0 aliphatic heterocycles. The van der Waals surface area contributed by atoms with Gasteiger partial charge in [-0.2, -0.15) is 0 Å². The minimum Gasteiger partial charge on any atom is -0.468 e. The zero-order valence-corrected chi connectivity index (χ0v) is 12.8. The van der Waals surface area contributed by atoms with Gasteiger partial charge < -0.3 is 20.7 Å². The Morgan fingerprint density at radius 2 is 1.75 bits per heavy atom. The van der Waals surface area contributed by atoms with E-state index in [1.165, 1.54) is 12.0 Å². The molecule has 7 heteroatoms. The molecule has 0 fully saturated rings. The third kappa shape index (κ3) is 6.40. The minimum atomic E-state index is -0.759. The molecule has 0 heterocycles. The Morgan fingerprint density at radius 3 is 2.10 bits per heavy atom. The van der Waals surface area contributed by atoms with E-state index in [0.717, 1.165) is 0 Å². The normalized spacial score (nSPS) is 12.2. The van der Waals surface area contributed by atoms with Crippen molar-refractivity contribution in [1.82, 2.24) is 10.2 Å². The van der Waals surface area contributed by atoms with Crippen LogP contribution in [0.1, 0.15) is 34.1 Å². The molecule has 3 N–H and O–H groups in total. The van der Waals surface area contributed by atoms with E-state index in [1.807, 2.05) is 13.8 Å². The van der Waals surface area contributed by atoms with Gasteiger partial charge in [0.05, 0.1) is 7.11 Å². The highest BCUT2D eigenvalue weighted by Crippen LogP contribution is 2.10. The average Bonchev–Trinajstić information content (AvgIpc) is 2.32. The van der Waals surface area contributed by atoms with E-state index < -0.39 is 18.0 Å². The van der Waals surface area contributed by atoms with Crippen LogP contribution in [0.3, 0.4) is 0 Å². The summed E-state index contributed by atoms with van der Waals surface area (Å²) in [4.78, 5) is 36.2. The zero-order chi connectivity index (χ0) is 15.9. The third-order valence-corrected chi connectivity index (χ3v) is 2.76. The smallest absolute Gasteiger partial charge is 0.325 e. The van der Waals surface area contributed by atoms with E-state index in [1.54, 1.807) is 13.8 Å². The van der Waals surface area contributed by atoms with Crippen LogP contribution >= 0.6 is 0 Å². The molecular weight excluding hydrogens is 262 g/mol. The number of esters is 1. The lowest BCUT2D eigenvalue weighted by molar-refractivity contribution is -0.149. The molecule has 0 rings (SSSR count). The summed E-state index contributed by atoms with van der Waals surface area (Å²) < 4.78 is 4.58. The molecule has 0 aliphatic carbocycles. The van der Waals surface area contributed by atoms with Gasteiger partial charge in [-0.15, -0.1) is 0 Å². The van der Waals surface area contributed by atoms with Gasteiger partial charge in [-0.05, 0) is 26.2 Å². The predicted octanol–water partition coefficient (Wildman–Crippen LogP) is 0.479. The van der Waals surface area contributed by atoms with Crippen molar-refractivity contribution in [3.63, 3.8) is 0 Å². The van der Waals surface area contributed by atoms with Crippen molar-refractivity contribution in [2.45, 2.75) is 46.2 Å². The second-order valence-electron chi connectivity index (χ2n) is 5.33. The number of primary amides is 1. The molecular formula is C13H25N3O4. The Balaban J connectivity index is 5.03. The number of hydrogen-bond acceptors (Lipinski definition) is 4. The topological polar surface area (TPSA) is 102 Å². The van der Waals surface area contributed by atoms with Crippen molar-refractivity contribution in [3.05, 3.63) is 0 Å². The number of nitrogens with zero attached hydrogens (tertiary/aromatic N) is 1. The van der Waals surface area contributed by atoms with Crippen LogP contribution in [0.2, 0.25) is 0 Å². The molecule has 20 heavy (non-hydrogen) atoms. The largest absolute Gasteiger partial charge is 0.468 e.